The molecular formula is C15H30N2O. The average molecular weight is 254 g/mol. The molecule has 0 saturated heterocycles. The van der Waals surface area contributed by atoms with Crippen molar-refractivity contribution in [2.24, 2.45) is 5.92 Å². The second-order valence-electron chi connectivity index (χ2n) is 5.58. The molecular weight excluding hydrogens is 224 g/mol. The lowest BCUT2D eigenvalue weighted by Gasteiger charge is -2.26. The zero-order chi connectivity index (χ0) is 13.4. The lowest BCUT2D eigenvalue weighted by Crippen LogP contribution is -2.45. The molecule has 1 rings (SSSR count). The van der Waals surface area contributed by atoms with Gasteiger partial charge in [-0.3, -0.25) is 9.69 Å². The fraction of sp³-hybridized carbons (Fsp3) is 0.933. The molecule has 106 valence electrons. The molecule has 1 unspecified atom stereocenters. The number of amides is 1. The third kappa shape index (κ3) is 4.97. The highest BCUT2D eigenvalue weighted by molar-refractivity contribution is 5.81. The molecule has 1 saturated carbocycles. The highest BCUT2D eigenvalue weighted by Gasteiger charge is 2.20. The van der Waals surface area contributed by atoms with Crippen LogP contribution in [0.2, 0.25) is 0 Å². The molecule has 1 N–H and O–H groups in total. The van der Waals surface area contributed by atoms with Crippen molar-refractivity contribution in [1.29, 1.82) is 0 Å². The topological polar surface area (TPSA) is 32.3 Å². The summed E-state index contributed by atoms with van der Waals surface area (Å²) >= 11 is 0. The third-order valence-electron chi connectivity index (χ3n) is 4.30. The third-order valence-corrected chi connectivity index (χ3v) is 4.30. The molecule has 1 fully saturated rings. The van der Waals surface area contributed by atoms with Crippen LogP contribution in [0.25, 0.3) is 0 Å². The van der Waals surface area contributed by atoms with E-state index in [9.17, 15) is 4.79 Å². The molecule has 1 aliphatic rings. The summed E-state index contributed by atoms with van der Waals surface area (Å²) in [5, 5.41) is 3.12. The SMILES string of the molecule is CCC(C(=O)NCCC1CCCCC1)N(C)CC. The van der Waals surface area contributed by atoms with E-state index in [0.717, 1.165) is 31.8 Å². The van der Waals surface area contributed by atoms with Crippen LogP contribution in [-0.4, -0.2) is 37.0 Å². The van der Waals surface area contributed by atoms with Crippen LogP contribution in [0, 0.1) is 5.92 Å². The molecule has 0 spiro atoms. The lowest BCUT2D eigenvalue weighted by molar-refractivity contribution is -0.126. The van der Waals surface area contributed by atoms with Gasteiger partial charge in [0.25, 0.3) is 0 Å². The monoisotopic (exact) mass is 254 g/mol. The number of rotatable bonds is 7. The number of hydrogen-bond donors (Lipinski definition) is 1. The normalized spacial score (nSPS) is 18.9. The van der Waals surface area contributed by atoms with Crippen molar-refractivity contribution in [3.05, 3.63) is 0 Å². The molecule has 1 amide bonds. The van der Waals surface area contributed by atoms with E-state index in [2.05, 4.69) is 24.1 Å². The number of nitrogens with one attached hydrogen (secondary N) is 1. The maximum absolute atomic E-state index is 12.1. The lowest BCUT2D eigenvalue weighted by atomic mass is 9.87. The van der Waals surface area contributed by atoms with Crippen molar-refractivity contribution in [2.75, 3.05) is 20.1 Å². The Hall–Kier alpha value is -0.570. The van der Waals surface area contributed by atoms with E-state index in [4.69, 9.17) is 0 Å². The van der Waals surface area contributed by atoms with Crippen LogP contribution < -0.4 is 5.32 Å². The number of likely N-dealkylation sites (N-methyl/N-ethyl adjacent to an activating group) is 1. The molecule has 1 aliphatic carbocycles. The van der Waals surface area contributed by atoms with Crippen LogP contribution in [0.15, 0.2) is 0 Å². The molecule has 0 aromatic heterocycles. The van der Waals surface area contributed by atoms with Crippen LogP contribution in [0.3, 0.4) is 0 Å². The maximum atomic E-state index is 12.1. The minimum absolute atomic E-state index is 0.0429. The minimum Gasteiger partial charge on any atom is -0.355 e. The van der Waals surface area contributed by atoms with Gasteiger partial charge in [-0.05, 0) is 32.4 Å². The first-order chi connectivity index (χ1) is 8.69. The van der Waals surface area contributed by atoms with Gasteiger partial charge < -0.3 is 5.32 Å². The van der Waals surface area contributed by atoms with E-state index >= 15 is 0 Å². The summed E-state index contributed by atoms with van der Waals surface area (Å²) in [4.78, 5) is 14.2. The van der Waals surface area contributed by atoms with Crippen LogP contribution in [0.1, 0.15) is 58.8 Å². The van der Waals surface area contributed by atoms with E-state index < -0.39 is 0 Å². The standard InChI is InChI=1S/C15H30N2O/c1-4-14(17(3)5-2)15(18)16-12-11-13-9-7-6-8-10-13/h13-14H,4-12H2,1-3H3,(H,16,18). The second kappa shape index (κ2) is 8.52. The van der Waals surface area contributed by atoms with Gasteiger partial charge in [-0.1, -0.05) is 46.0 Å². The molecule has 0 aliphatic heterocycles. The predicted octanol–water partition coefficient (Wildman–Crippen LogP) is 2.80. The Bertz CT molecular complexity index is 237. The Kier molecular flexibility index (Phi) is 7.33. The van der Waals surface area contributed by atoms with Crippen LogP contribution in [-0.2, 0) is 4.79 Å². The van der Waals surface area contributed by atoms with Gasteiger partial charge in [0.05, 0.1) is 6.04 Å². The Labute approximate surface area is 112 Å². The van der Waals surface area contributed by atoms with Gasteiger partial charge in [0.2, 0.25) is 5.91 Å². The molecule has 0 aromatic rings. The van der Waals surface area contributed by atoms with Gasteiger partial charge in [-0.15, -0.1) is 0 Å². The largest absolute Gasteiger partial charge is 0.355 e. The van der Waals surface area contributed by atoms with Crippen molar-refractivity contribution in [3.8, 4) is 0 Å². The maximum Gasteiger partial charge on any atom is 0.237 e. The molecule has 18 heavy (non-hydrogen) atoms. The average Bonchev–Trinajstić information content (AvgIpc) is 2.40. The van der Waals surface area contributed by atoms with Crippen molar-refractivity contribution in [3.63, 3.8) is 0 Å². The molecule has 0 bridgehead atoms. The highest BCUT2D eigenvalue weighted by Crippen LogP contribution is 2.25. The summed E-state index contributed by atoms with van der Waals surface area (Å²) in [7, 11) is 2.02. The molecule has 3 heteroatoms. The number of hydrogen-bond acceptors (Lipinski definition) is 2. The van der Waals surface area contributed by atoms with Crippen molar-refractivity contribution in [1.82, 2.24) is 10.2 Å². The Morgan fingerprint density at radius 1 is 1.28 bits per heavy atom. The number of nitrogens with zero attached hydrogens (tertiary/aromatic N) is 1. The molecule has 1 atom stereocenters. The fourth-order valence-corrected chi connectivity index (χ4v) is 2.91. The zero-order valence-electron chi connectivity index (χ0n) is 12.4. The molecule has 0 radical (unpaired) electrons. The van der Waals surface area contributed by atoms with Gasteiger partial charge in [0, 0.05) is 6.54 Å². The smallest absolute Gasteiger partial charge is 0.237 e. The first-order valence-corrected chi connectivity index (χ1v) is 7.67. The Morgan fingerprint density at radius 2 is 1.94 bits per heavy atom. The Balaban J connectivity index is 2.22. The molecule has 3 nitrogen and oxygen atoms in total. The van der Waals surface area contributed by atoms with Crippen LogP contribution in [0.4, 0.5) is 0 Å². The van der Waals surface area contributed by atoms with Crippen molar-refractivity contribution < 1.29 is 4.79 Å². The first kappa shape index (κ1) is 15.5. The van der Waals surface area contributed by atoms with E-state index in [1.54, 1.807) is 0 Å². The summed E-state index contributed by atoms with van der Waals surface area (Å²) in [5.41, 5.74) is 0. The van der Waals surface area contributed by atoms with Crippen LogP contribution >= 0.6 is 0 Å². The van der Waals surface area contributed by atoms with E-state index in [0.29, 0.717) is 0 Å². The number of carbonyl (C=O) groups excluding carboxylic acids is 1. The van der Waals surface area contributed by atoms with Crippen molar-refractivity contribution >= 4 is 5.91 Å². The van der Waals surface area contributed by atoms with E-state index in [-0.39, 0.29) is 11.9 Å². The summed E-state index contributed by atoms with van der Waals surface area (Å²) < 4.78 is 0. The van der Waals surface area contributed by atoms with Gasteiger partial charge in [-0.2, -0.15) is 0 Å². The highest BCUT2D eigenvalue weighted by atomic mass is 16.2. The molecule has 0 aromatic carbocycles. The first-order valence-electron chi connectivity index (χ1n) is 7.67. The van der Waals surface area contributed by atoms with Crippen LogP contribution in [0.5, 0.6) is 0 Å². The summed E-state index contributed by atoms with van der Waals surface area (Å²) in [6.07, 6.45) is 8.95. The minimum atomic E-state index is 0.0429. The van der Waals surface area contributed by atoms with Gasteiger partial charge in [0.15, 0.2) is 0 Å². The zero-order valence-corrected chi connectivity index (χ0v) is 12.4. The van der Waals surface area contributed by atoms with Gasteiger partial charge in [-0.25, -0.2) is 0 Å². The van der Waals surface area contributed by atoms with Crippen molar-refractivity contribution in [2.45, 2.75) is 64.8 Å². The van der Waals surface area contributed by atoms with Gasteiger partial charge >= 0.3 is 0 Å². The summed E-state index contributed by atoms with van der Waals surface area (Å²) in [5.74, 6) is 1.06. The Morgan fingerprint density at radius 3 is 2.50 bits per heavy atom. The molecule has 0 heterocycles. The predicted molar refractivity (Wildman–Crippen MR) is 76.6 cm³/mol. The summed E-state index contributed by atoms with van der Waals surface area (Å²) in [6.45, 7) is 5.96. The quantitative estimate of drug-likeness (QED) is 0.757. The van der Waals surface area contributed by atoms with Gasteiger partial charge in [0.1, 0.15) is 0 Å². The van der Waals surface area contributed by atoms with E-state index in [1.807, 2.05) is 7.05 Å². The van der Waals surface area contributed by atoms with E-state index in [1.165, 1.54) is 32.1 Å². The number of carbonyl (C=O) groups is 1. The summed E-state index contributed by atoms with van der Waals surface area (Å²) in [6, 6.07) is 0.0429. The fourth-order valence-electron chi connectivity index (χ4n) is 2.91. The second-order valence-corrected chi connectivity index (χ2v) is 5.58.